The Bertz CT molecular complexity index is 578. The highest BCUT2D eigenvalue weighted by atomic mass is 32.1. The zero-order chi connectivity index (χ0) is 14.0. The van der Waals surface area contributed by atoms with Crippen molar-refractivity contribution >= 4 is 11.3 Å². The van der Waals surface area contributed by atoms with E-state index in [1.54, 1.807) is 0 Å². The van der Waals surface area contributed by atoms with Gasteiger partial charge in [0.2, 0.25) is 0 Å². The highest BCUT2D eigenvalue weighted by molar-refractivity contribution is 7.09. The summed E-state index contributed by atoms with van der Waals surface area (Å²) in [6, 6.07) is 2.23. The molecule has 0 spiro atoms. The number of hydrogen-bond acceptors (Lipinski definition) is 3. The zero-order valence-electron chi connectivity index (χ0n) is 12.4. The van der Waals surface area contributed by atoms with Crippen LogP contribution in [0.3, 0.4) is 0 Å². The van der Waals surface area contributed by atoms with Gasteiger partial charge in [0.1, 0.15) is 0 Å². The van der Waals surface area contributed by atoms with Crippen molar-refractivity contribution in [3.05, 3.63) is 16.1 Å². The van der Waals surface area contributed by atoms with Crippen LogP contribution >= 0.6 is 11.3 Å². The second kappa shape index (κ2) is 3.85. The summed E-state index contributed by atoms with van der Waals surface area (Å²) in [5.41, 5.74) is 2.39. The molecule has 1 aromatic heterocycles. The summed E-state index contributed by atoms with van der Waals surface area (Å²) in [7, 11) is 0. The summed E-state index contributed by atoms with van der Waals surface area (Å²) in [6.45, 7) is 5.02. The van der Waals surface area contributed by atoms with E-state index in [1.807, 2.05) is 11.3 Å². The van der Waals surface area contributed by atoms with Gasteiger partial charge in [-0.2, -0.15) is 5.26 Å². The lowest BCUT2D eigenvalue weighted by Gasteiger charge is -2.64. The summed E-state index contributed by atoms with van der Waals surface area (Å²) in [5, 5.41) is 12.3. The molecule has 1 aromatic rings. The predicted molar refractivity (Wildman–Crippen MR) is 80.5 cm³/mol. The third-order valence-electron chi connectivity index (χ3n) is 5.89. The summed E-state index contributed by atoms with van der Waals surface area (Å²) in [6.07, 6.45) is 8.73. The molecule has 3 heteroatoms. The molecule has 0 aliphatic heterocycles. The highest BCUT2D eigenvalue weighted by Crippen LogP contribution is 2.69. The maximum Gasteiger partial charge on any atom is 0.0991 e. The van der Waals surface area contributed by atoms with Crippen molar-refractivity contribution in [1.29, 1.82) is 5.26 Å². The minimum Gasteiger partial charge on any atom is -0.245 e. The minimum absolute atomic E-state index is 0.335. The molecule has 2 nitrogen and oxygen atoms in total. The fourth-order valence-electron chi connectivity index (χ4n) is 6.40. The van der Waals surface area contributed by atoms with Gasteiger partial charge >= 0.3 is 0 Å². The van der Waals surface area contributed by atoms with Gasteiger partial charge in [-0.3, -0.25) is 0 Å². The Morgan fingerprint density at radius 1 is 1.25 bits per heavy atom. The molecule has 0 aromatic carbocycles. The van der Waals surface area contributed by atoms with E-state index in [9.17, 15) is 0 Å². The third kappa shape index (κ3) is 1.77. The van der Waals surface area contributed by atoms with Crippen LogP contribution in [0.15, 0.2) is 5.38 Å². The number of aromatic nitrogens is 1. The van der Waals surface area contributed by atoms with E-state index in [0.29, 0.717) is 22.7 Å². The average Bonchev–Trinajstić information content (AvgIpc) is 2.73. The first-order chi connectivity index (χ1) is 9.44. The van der Waals surface area contributed by atoms with Crippen molar-refractivity contribution < 1.29 is 0 Å². The number of thiazole rings is 1. The normalized spacial score (nSPS) is 45.5. The molecule has 5 rings (SSSR count). The van der Waals surface area contributed by atoms with Crippen LogP contribution in [0, 0.1) is 28.1 Å². The molecule has 1 heterocycles. The SMILES string of the molecule is CC12CC3CC(C)(C1)CC(c1nc(CC#N)cs1)(C3)C2. The molecule has 4 saturated carbocycles. The maximum absolute atomic E-state index is 8.86. The van der Waals surface area contributed by atoms with E-state index >= 15 is 0 Å². The van der Waals surface area contributed by atoms with Crippen molar-refractivity contribution in [2.24, 2.45) is 16.7 Å². The first kappa shape index (κ1) is 12.8. The van der Waals surface area contributed by atoms with Gasteiger partial charge in [0, 0.05) is 10.8 Å². The van der Waals surface area contributed by atoms with Gasteiger partial charge in [-0.05, 0) is 55.3 Å². The average molecular weight is 286 g/mol. The molecule has 20 heavy (non-hydrogen) atoms. The van der Waals surface area contributed by atoms with Gasteiger partial charge < -0.3 is 0 Å². The van der Waals surface area contributed by atoms with Crippen molar-refractivity contribution in [3.63, 3.8) is 0 Å². The number of nitrogens with zero attached hydrogens (tertiary/aromatic N) is 2. The standard InChI is InChI=1S/C17H22N2S/c1-15-5-12-6-16(2,9-15)11-17(7-12,10-15)14-19-13(3-4-18)8-20-14/h8,12H,3,5-7,9-11H2,1-2H3. The van der Waals surface area contributed by atoms with E-state index in [1.165, 1.54) is 43.5 Å². The summed E-state index contributed by atoms with van der Waals surface area (Å²) >= 11 is 1.81. The van der Waals surface area contributed by atoms with E-state index in [4.69, 9.17) is 10.2 Å². The van der Waals surface area contributed by atoms with Crippen molar-refractivity contribution in [3.8, 4) is 6.07 Å². The van der Waals surface area contributed by atoms with Crippen LogP contribution in [0.25, 0.3) is 0 Å². The molecule has 0 saturated heterocycles. The topological polar surface area (TPSA) is 36.7 Å². The lowest BCUT2D eigenvalue weighted by Crippen LogP contribution is -2.56. The smallest absolute Gasteiger partial charge is 0.0991 e. The Kier molecular flexibility index (Phi) is 2.47. The van der Waals surface area contributed by atoms with E-state index in [0.717, 1.165) is 11.6 Å². The Morgan fingerprint density at radius 2 is 1.95 bits per heavy atom. The lowest BCUT2D eigenvalue weighted by atomic mass is 9.40. The fraction of sp³-hybridized carbons (Fsp3) is 0.765. The molecule has 0 N–H and O–H groups in total. The molecule has 2 unspecified atom stereocenters. The number of nitriles is 1. The molecular formula is C17H22N2S. The summed E-state index contributed by atoms with van der Waals surface area (Å²) in [5.74, 6) is 0.907. The lowest BCUT2D eigenvalue weighted by molar-refractivity contribution is -0.110. The first-order valence-corrected chi connectivity index (χ1v) is 8.64. The molecule has 4 aliphatic carbocycles. The van der Waals surface area contributed by atoms with Gasteiger partial charge in [0.05, 0.1) is 23.2 Å². The van der Waals surface area contributed by atoms with Crippen LogP contribution in [0.5, 0.6) is 0 Å². The Hall–Kier alpha value is -0.880. The highest BCUT2D eigenvalue weighted by Gasteiger charge is 2.61. The summed E-state index contributed by atoms with van der Waals surface area (Å²) in [4.78, 5) is 4.85. The largest absolute Gasteiger partial charge is 0.245 e. The zero-order valence-corrected chi connectivity index (χ0v) is 13.2. The Balaban J connectivity index is 1.74. The van der Waals surface area contributed by atoms with Gasteiger partial charge in [-0.25, -0.2) is 4.98 Å². The molecule has 4 fully saturated rings. The van der Waals surface area contributed by atoms with E-state index in [-0.39, 0.29) is 0 Å². The van der Waals surface area contributed by atoms with Crippen LogP contribution in [0.2, 0.25) is 0 Å². The Morgan fingerprint density at radius 3 is 2.55 bits per heavy atom. The molecule has 0 radical (unpaired) electrons. The third-order valence-corrected chi connectivity index (χ3v) is 7.03. The maximum atomic E-state index is 8.86. The molecule has 4 aliphatic rings. The second-order valence-electron chi connectivity index (χ2n) is 8.39. The van der Waals surface area contributed by atoms with Crippen molar-refractivity contribution in [2.75, 3.05) is 0 Å². The predicted octanol–water partition coefficient (Wildman–Crippen LogP) is 4.46. The van der Waals surface area contributed by atoms with Gasteiger partial charge in [0.15, 0.2) is 0 Å². The van der Waals surface area contributed by atoms with Gasteiger partial charge in [0.25, 0.3) is 0 Å². The Labute approximate surface area is 125 Å². The monoisotopic (exact) mass is 286 g/mol. The first-order valence-electron chi connectivity index (χ1n) is 7.76. The van der Waals surface area contributed by atoms with Crippen LogP contribution in [-0.4, -0.2) is 4.98 Å². The van der Waals surface area contributed by atoms with Crippen LogP contribution in [0.1, 0.15) is 63.1 Å². The molecule has 0 amide bonds. The van der Waals surface area contributed by atoms with Crippen LogP contribution in [-0.2, 0) is 11.8 Å². The van der Waals surface area contributed by atoms with Crippen molar-refractivity contribution in [2.45, 2.75) is 64.2 Å². The van der Waals surface area contributed by atoms with Gasteiger partial charge in [-0.1, -0.05) is 13.8 Å². The quantitative estimate of drug-likeness (QED) is 0.805. The summed E-state index contributed by atoms with van der Waals surface area (Å²) < 4.78 is 0. The van der Waals surface area contributed by atoms with Crippen LogP contribution in [0.4, 0.5) is 0 Å². The fourth-order valence-corrected chi connectivity index (χ4v) is 7.43. The molecule has 106 valence electrons. The van der Waals surface area contributed by atoms with Crippen LogP contribution < -0.4 is 0 Å². The van der Waals surface area contributed by atoms with E-state index in [2.05, 4.69) is 25.3 Å². The second-order valence-corrected chi connectivity index (χ2v) is 9.25. The molecule has 2 atom stereocenters. The van der Waals surface area contributed by atoms with Crippen molar-refractivity contribution in [1.82, 2.24) is 4.98 Å². The van der Waals surface area contributed by atoms with E-state index < -0.39 is 0 Å². The number of hydrogen-bond donors (Lipinski definition) is 0. The minimum atomic E-state index is 0.335. The number of rotatable bonds is 2. The molecule has 4 bridgehead atoms. The molecular weight excluding hydrogens is 264 g/mol. The van der Waals surface area contributed by atoms with Gasteiger partial charge in [-0.15, -0.1) is 11.3 Å².